The van der Waals surface area contributed by atoms with Gasteiger partial charge in [0.15, 0.2) is 11.6 Å². The summed E-state index contributed by atoms with van der Waals surface area (Å²) in [6.45, 7) is 10.7. The Morgan fingerprint density at radius 1 is 1.24 bits per heavy atom. The summed E-state index contributed by atoms with van der Waals surface area (Å²) in [5.74, 6) is -1.77. The molecular weight excluding hydrogens is 459 g/mol. The van der Waals surface area contributed by atoms with Crippen molar-refractivity contribution in [3.05, 3.63) is 23.8 Å². The number of Topliss-reactive ketones (excluding diaryl/α,β-unsaturated/α-hetero) is 1. The van der Waals surface area contributed by atoms with Crippen molar-refractivity contribution in [3.63, 3.8) is 0 Å². The molecule has 0 heterocycles. The third kappa shape index (κ3) is 3.46. The fraction of sp³-hybridized carbons (Fsp3) is 0.741. The van der Waals surface area contributed by atoms with Gasteiger partial charge in [-0.2, -0.15) is 0 Å². The Hall–Kier alpha value is -1.53. The molecule has 0 radical (unpaired) electrons. The summed E-state index contributed by atoms with van der Waals surface area (Å²) in [6.07, 6.45) is 3.13. The molecule has 0 bridgehead atoms. The largest absolute Gasteiger partial charge is 0.457 e. The monoisotopic (exact) mass is 494 g/mol. The molecule has 5 nitrogen and oxygen atoms in total. The molecule has 3 fully saturated rings. The quantitative estimate of drug-likeness (QED) is 0.458. The van der Waals surface area contributed by atoms with Gasteiger partial charge in [0, 0.05) is 11.3 Å². The lowest BCUT2D eigenvalue weighted by molar-refractivity contribution is -0.159. The van der Waals surface area contributed by atoms with E-state index in [1.54, 1.807) is 26.8 Å². The van der Waals surface area contributed by atoms with Crippen molar-refractivity contribution in [2.24, 2.45) is 39.9 Å². The minimum Gasteiger partial charge on any atom is -0.457 e. The summed E-state index contributed by atoms with van der Waals surface area (Å²) in [5, 5.41) is 11.5. The van der Waals surface area contributed by atoms with E-state index in [4.69, 9.17) is 16.3 Å². The van der Waals surface area contributed by atoms with Gasteiger partial charge < -0.3 is 9.84 Å². The molecule has 0 spiro atoms. The molecular formula is C27H36ClFO5. The first-order chi connectivity index (χ1) is 15.6. The number of esters is 1. The Bertz CT molecular complexity index is 982. The Kier molecular flexibility index (Phi) is 6.01. The van der Waals surface area contributed by atoms with Crippen LogP contribution in [0.15, 0.2) is 23.8 Å². The van der Waals surface area contributed by atoms with Gasteiger partial charge in [-0.15, -0.1) is 11.6 Å². The van der Waals surface area contributed by atoms with Crippen molar-refractivity contribution in [2.75, 3.05) is 6.61 Å². The topological polar surface area (TPSA) is 80.7 Å². The van der Waals surface area contributed by atoms with E-state index in [0.29, 0.717) is 12.0 Å². The van der Waals surface area contributed by atoms with E-state index < -0.39 is 45.3 Å². The average Bonchev–Trinajstić information content (AvgIpc) is 2.99. The van der Waals surface area contributed by atoms with Crippen LogP contribution in [0.25, 0.3) is 0 Å². The Labute approximate surface area is 206 Å². The molecule has 34 heavy (non-hydrogen) atoms. The number of hydrogen-bond donors (Lipinski definition) is 1. The molecule has 0 aromatic rings. The smallest absolute Gasteiger partial charge is 0.311 e. The van der Waals surface area contributed by atoms with Crippen molar-refractivity contribution in [1.82, 2.24) is 0 Å². The molecule has 0 saturated heterocycles. The van der Waals surface area contributed by atoms with Crippen molar-refractivity contribution in [2.45, 2.75) is 78.0 Å². The van der Waals surface area contributed by atoms with Crippen LogP contribution >= 0.6 is 11.6 Å². The number of halogens is 2. The Morgan fingerprint density at radius 2 is 1.88 bits per heavy atom. The molecule has 188 valence electrons. The molecule has 1 N–H and O–H groups in total. The maximum atomic E-state index is 15.5. The second-order valence-electron chi connectivity index (χ2n) is 12.4. The maximum absolute atomic E-state index is 15.5. The lowest BCUT2D eigenvalue weighted by Crippen LogP contribution is -2.67. The second-order valence-corrected chi connectivity index (χ2v) is 13.1. The van der Waals surface area contributed by atoms with Gasteiger partial charge in [0.05, 0.1) is 16.4 Å². The van der Waals surface area contributed by atoms with Gasteiger partial charge in [-0.1, -0.05) is 26.8 Å². The molecule has 3 saturated carbocycles. The molecule has 0 aromatic carbocycles. The number of allylic oxidation sites excluding steroid dienone is 4. The molecule has 7 heteroatoms. The van der Waals surface area contributed by atoms with Crippen molar-refractivity contribution in [3.8, 4) is 0 Å². The fourth-order valence-electron chi connectivity index (χ4n) is 7.70. The van der Waals surface area contributed by atoms with Gasteiger partial charge in [0.2, 0.25) is 0 Å². The molecule has 0 aromatic heterocycles. The second kappa shape index (κ2) is 7.99. The predicted molar refractivity (Wildman–Crippen MR) is 127 cm³/mol. The predicted octanol–water partition coefficient (Wildman–Crippen LogP) is 4.60. The van der Waals surface area contributed by atoms with E-state index in [9.17, 15) is 19.5 Å². The number of aliphatic hydroxyl groups excluding tert-OH is 1. The number of aliphatic hydroxyl groups is 1. The van der Waals surface area contributed by atoms with Crippen LogP contribution in [0.3, 0.4) is 0 Å². The number of rotatable bonds is 3. The lowest BCUT2D eigenvalue weighted by Gasteiger charge is -2.63. The van der Waals surface area contributed by atoms with E-state index in [0.717, 1.165) is 0 Å². The highest BCUT2D eigenvalue weighted by atomic mass is 35.5. The SMILES string of the molecule is C[C@@H]1C[C@H]2[C@@H]3C[C@H](F)C4=CC(=O)C=C[C@@]4(C)[C@]3(Cl)[C@@H](O)C[C@@]2(C)[C@H]1C(=O)COC(=O)C(C)(C)C. The number of fused-ring (bicyclic) bond motifs is 5. The Morgan fingerprint density at radius 3 is 2.50 bits per heavy atom. The number of carbonyl (C=O) groups excluding carboxylic acids is 3. The van der Waals surface area contributed by atoms with E-state index in [-0.39, 0.29) is 48.8 Å². The molecule has 0 aliphatic heterocycles. The van der Waals surface area contributed by atoms with E-state index in [2.05, 4.69) is 0 Å². The summed E-state index contributed by atoms with van der Waals surface area (Å²) < 4.78 is 20.9. The zero-order valence-corrected chi connectivity index (χ0v) is 21.6. The van der Waals surface area contributed by atoms with E-state index in [1.807, 2.05) is 20.8 Å². The third-order valence-electron chi connectivity index (χ3n) is 9.27. The highest BCUT2D eigenvalue weighted by Crippen LogP contribution is 2.70. The van der Waals surface area contributed by atoms with E-state index >= 15 is 4.39 Å². The average molecular weight is 495 g/mol. The number of ether oxygens (including phenoxy) is 1. The van der Waals surface area contributed by atoms with Crippen LogP contribution in [0.2, 0.25) is 0 Å². The zero-order chi connectivity index (χ0) is 25.4. The highest BCUT2D eigenvalue weighted by molar-refractivity contribution is 6.26. The summed E-state index contributed by atoms with van der Waals surface area (Å²) >= 11 is 7.34. The lowest BCUT2D eigenvalue weighted by atomic mass is 9.46. The number of alkyl halides is 2. The van der Waals surface area contributed by atoms with Crippen LogP contribution in [0.5, 0.6) is 0 Å². The minimum atomic E-state index is -1.34. The van der Waals surface area contributed by atoms with Gasteiger partial charge in [-0.3, -0.25) is 14.4 Å². The summed E-state index contributed by atoms with van der Waals surface area (Å²) in [4.78, 5) is 36.4. The van der Waals surface area contributed by atoms with Crippen LogP contribution in [-0.2, 0) is 19.1 Å². The van der Waals surface area contributed by atoms with Crippen molar-refractivity contribution < 1.29 is 28.6 Å². The first-order valence-corrected chi connectivity index (χ1v) is 12.6. The molecule has 4 aliphatic rings. The highest BCUT2D eigenvalue weighted by Gasteiger charge is 2.71. The summed E-state index contributed by atoms with van der Waals surface area (Å²) in [6, 6.07) is 0. The zero-order valence-electron chi connectivity index (χ0n) is 20.9. The number of carbonyl (C=O) groups is 3. The van der Waals surface area contributed by atoms with Crippen LogP contribution in [0.1, 0.15) is 60.8 Å². The van der Waals surface area contributed by atoms with Gasteiger partial charge in [0.1, 0.15) is 12.8 Å². The van der Waals surface area contributed by atoms with Crippen LogP contribution in [-0.4, -0.2) is 46.4 Å². The number of ketones is 2. The molecule has 4 aliphatic carbocycles. The third-order valence-corrected chi connectivity index (χ3v) is 10.2. The first kappa shape index (κ1) is 25.6. The number of hydrogen-bond acceptors (Lipinski definition) is 5. The molecule has 0 amide bonds. The van der Waals surface area contributed by atoms with E-state index in [1.165, 1.54) is 12.2 Å². The normalized spacial score (nSPS) is 45.7. The standard InChI is InChI=1S/C27H36ClFO5/c1-14-9-16-17-11-19(29)18-10-15(30)7-8-26(18,6)27(17,28)21(32)12-25(16,5)22(14)20(31)13-34-23(33)24(2,3)4/h7-8,10,14,16-17,19,21-22,32H,9,11-13H2,1-6H3/t14-,16+,17+,19+,21+,22-,25-,26-,27-/m1/s1. The van der Waals surface area contributed by atoms with Gasteiger partial charge in [-0.25, -0.2) is 4.39 Å². The molecule has 9 atom stereocenters. The van der Waals surface area contributed by atoms with Crippen LogP contribution < -0.4 is 0 Å². The Balaban J connectivity index is 1.67. The van der Waals surface area contributed by atoms with Gasteiger partial charge >= 0.3 is 5.97 Å². The summed E-state index contributed by atoms with van der Waals surface area (Å²) in [7, 11) is 0. The summed E-state index contributed by atoms with van der Waals surface area (Å²) in [5.41, 5.74) is -1.97. The van der Waals surface area contributed by atoms with Crippen molar-refractivity contribution in [1.29, 1.82) is 0 Å². The van der Waals surface area contributed by atoms with Gasteiger partial charge in [-0.05, 0) is 80.9 Å². The minimum absolute atomic E-state index is 0.0201. The first-order valence-electron chi connectivity index (χ1n) is 12.2. The molecule has 4 rings (SSSR count). The van der Waals surface area contributed by atoms with Gasteiger partial charge in [0.25, 0.3) is 0 Å². The van der Waals surface area contributed by atoms with Crippen LogP contribution in [0, 0.1) is 39.9 Å². The van der Waals surface area contributed by atoms with Crippen LogP contribution in [0.4, 0.5) is 4.39 Å². The fourth-order valence-corrected chi connectivity index (χ4v) is 8.19. The van der Waals surface area contributed by atoms with Crippen molar-refractivity contribution >= 4 is 29.1 Å². The molecule has 0 unspecified atom stereocenters. The maximum Gasteiger partial charge on any atom is 0.311 e.